The Morgan fingerprint density at radius 2 is 1.92 bits per heavy atom. The molecule has 0 bridgehead atoms. The molecule has 0 aliphatic carbocycles. The van der Waals surface area contributed by atoms with Crippen molar-refractivity contribution in [3.8, 4) is 0 Å². The van der Waals surface area contributed by atoms with E-state index >= 15 is 0 Å². The molecule has 3 heterocycles. The summed E-state index contributed by atoms with van der Waals surface area (Å²) in [6, 6.07) is 2.71. The van der Waals surface area contributed by atoms with Gasteiger partial charge in [0, 0.05) is 31.8 Å². The van der Waals surface area contributed by atoms with Gasteiger partial charge in [-0.15, -0.1) is 0 Å². The molecule has 0 saturated heterocycles. The van der Waals surface area contributed by atoms with Crippen molar-refractivity contribution in [2.24, 2.45) is 12.8 Å². The van der Waals surface area contributed by atoms with Crippen molar-refractivity contribution in [2.45, 2.75) is 19.3 Å². The normalized spacial score (nSPS) is 12.2. The number of aryl methyl sites for hydroxylation is 1. The number of nitrogens with two attached hydrogens (primary N) is 1. The maximum absolute atomic E-state index is 12.9. The Kier molecular flexibility index (Phi) is 4.74. The van der Waals surface area contributed by atoms with Gasteiger partial charge in [0.2, 0.25) is 0 Å². The molecule has 3 aromatic rings. The topological polar surface area (TPSA) is 85.8 Å². The lowest BCUT2D eigenvalue weighted by atomic mass is 10.3. The Labute approximate surface area is 147 Å². The van der Waals surface area contributed by atoms with Gasteiger partial charge in [0.05, 0.1) is 24.8 Å². The molecule has 7 nitrogen and oxygen atoms in total. The van der Waals surface area contributed by atoms with Crippen molar-refractivity contribution in [3.63, 3.8) is 0 Å². The summed E-state index contributed by atoms with van der Waals surface area (Å²) < 4.78 is 40.2. The van der Waals surface area contributed by atoms with Crippen molar-refractivity contribution < 1.29 is 13.2 Å². The second kappa shape index (κ2) is 6.98. The van der Waals surface area contributed by atoms with Gasteiger partial charge in [0.15, 0.2) is 0 Å². The number of rotatable bonds is 5. The molecule has 3 rings (SSSR count). The number of halogens is 3. The van der Waals surface area contributed by atoms with E-state index in [4.69, 9.17) is 5.73 Å². The first-order valence-corrected chi connectivity index (χ1v) is 7.65. The zero-order valence-electron chi connectivity index (χ0n) is 13.9. The van der Waals surface area contributed by atoms with Crippen LogP contribution in [0.25, 0.3) is 11.0 Å². The average molecular weight is 363 g/mol. The Morgan fingerprint density at radius 3 is 2.58 bits per heavy atom. The molecule has 0 spiro atoms. The number of hydrogen-bond donors (Lipinski definition) is 1. The smallest absolute Gasteiger partial charge is 0.403 e. The summed E-state index contributed by atoms with van der Waals surface area (Å²) in [4.78, 5) is 17.9. The molecule has 0 aromatic carbocycles. The van der Waals surface area contributed by atoms with E-state index in [1.54, 1.807) is 36.3 Å². The van der Waals surface area contributed by atoms with Crippen LogP contribution in [0.15, 0.2) is 43.1 Å². The van der Waals surface area contributed by atoms with E-state index in [2.05, 4.69) is 19.9 Å². The van der Waals surface area contributed by atoms with E-state index in [-0.39, 0.29) is 0 Å². The molecule has 0 unspecified atom stereocenters. The van der Waals surface area contributed by atoms with Crippen LogP contribution >= 0.6 is 0 Å². The summed E-state index contributed by atoms with van der Waals surface area (Å²) in [7, 11) is 1.66. The fraction of sp³-hybridized carbons (Fsp3) is 0.250. The van der Waals surface area contributed by atoms with Gasteiger partial charge in [0.1, 0.15) is 22.9 Å². The fourth-order valence-electron chi connectivity index (χ4n) is 2.50. The third kappa shape index (κ3) is 3.73. The summed E-state index contributed by atoms with van der Waals surface area (Å²) in [6.45, 7) is 0.697. The minimum Gasteiger partial charge on any atom is -0.403 e. The second-order valence-corrected chi connectivity index (χ2v) is 5.55. The van der Waals surface area contributed by atoms with Gasteiger partial charge >= 0.3 is 6.18 Å². The molecule has 2 N–H and O–H groups in total. The molecular formula is C16H16F3N7. The zero-order valence-corrected chi connectivity index (χ0v) is 13.9. The minimum atomic E-state index is -4.50. The molecular weight excluding hydrogens is 347 g/mol. The molecule has 26 heavy (non-hydrogen) atoms. The van der Waals surface area contributed by atoms with E-state index in [9.17, 15) is 13.2 Å². The molecule has 10 heteroatoms. The van der Waals surface area contributed by atoms with Crippen LogP contribution in [0.3, 0.4) is 0 Å². The highest BCUT2D eigenvalue weighted by Crippen LogP contribution is 2.29. The monoisotopic (exact) mass is 363 g/mol. The van der Waals surface area contributed by atoms with E-state index in [0.717, 1.165) is 12.3 Å². The lowest BCUT2D eigenvalue weighted by Gasteiger charge is -2.18. The van der Waals surface area contributed by atoms with Gasteiger partial charge in [-0.2, -0.15) is 13.2 Å². The first kappa shape index (κ1) is 17.6. The highest BCUT2D eigenvalue weighted by atomic mass is 19.4. The third-order valence-corrected chi connectivity index (χ3v) is 3.76. The summed E-state index contributed by atoms with van der Waals surface area (Å²) in [5.74, 6) is 1.15. The first-order chi connectivity index (χ1) is 12.4. The maximum Gasteiger partial charge on any atom is 0.433 e. The van der Waals surface area contributed by atoms with Gasteiger partial charge in [-0.05, 0) is 12.1 Å². The molecule has 0 atom stereocenters. The molecule has 3 aromatic heterocycles. The minimum absolute atomic E-state index is 0.318. The number of nitrogens with zero attached hydrogens (tertiary/aromatic N) is 6. The van der Waals surface area contributed by atoms with Crippen molar-refractivity contribution in [2.75, 3.05) is 0 Å². The zero-order chi connectivity index (χ0) is 18.7. The van der Waals surface area contributed by atoms with Crippen LogP contribution < -0.4 is 5.73 Å². The highest BCUT2D eigenvalue weighted by Gasteiger charge is 2.33. The number of fused-ring (bicyclic) bond motifs is 1. The first-order valence-electron chi connectivity index (χ1n) is 7.65. The number of aromatic nitrogens is 5. The van der Waals surface area contributed by atoms with Gasteiger partial charge < -0.3 is 15.2 Å². The largest absolute Gasteiger partial charge is 0.433 e. The number of pyridine rings is 1. The Balaban J connectivity index is 1.90. The highest BCUT2D eigenvalue weighted by molar-refractivity contribution is 5.75. The predicted molar refractivity (Wildman–Crippen MR) is 88.1 cm³/mol. The third-order valence-electron chi connectivity index (χ3n) is 3.76. The molecule has 0 fully saturated rings. The molecule has 0 aliphatic rings. The van der Waals surface area contributed by atoms with Crippen LogP contribution in [0.4, 0.5) is 13.2 Å². The molecule has 0 aliphatic heterocycles. The maximum atomic E-state index is 12.9. The second-order valence-electron chi connectivity index (χ2n) is 5.55. The number of alkyl halides is 3. The van der Waals surface area contributed by atoms with Crippen molar-refractivity contribution in [1.82, 2.24) is 29.4 Å². The van der Waals surface area contributed by atoms with Crippen LogP contribution in [0.1, 0.15) is 17.3 Å². The van der Waals surface area contributed by atoms with Crippen LogP contribution in [0.2, 0.25) is 0 Å². The van der Waals surface area contributed by atoms with Gasteiger partial charge in [-0.3, -0.25) is 0 Å². The predicted octanol–water partition coefficient (Wildman–Crippen LogP) is 2.21. The van der Waals surface area contributed by atoms with Gasteiger partial charge in [-0.1, -0.05) is 0 Å². The van der Waals surface area contributed by atoms with E-state index in [1.807, 2.05) is 4.90 Å². The summed E-state index contributed by atoms with van der Waals surface area (Å²) in [5.41, 5.74) is 5.29. The SMILES string of the molecule is Cn1c(CN(/C=C\N)Cc2ncccn2)nc2cnc(C(F)(F)F)cc21. The number of hydrogen-bond acceptors (Lipinski definition) is 6. The number of imidazole rings is 1. The summed E-state index contributed by atoms with van der Waals surface area (Å²) >= 11 is 0. The average Bonchev–Trinajstić information content (AvgIpc) is 2.91. The lowest BCUT2D eigenvalue weighted by Crippen LogP contribution is -2.20. The summed E-state index contributed by atoms with van der Waals surface area (Å²) in [5, 5.41) is 0. The van der Waals surface area contributed by atoms with Crippen LogP contribution in [0.5, 0.6) is 0 Å². The van der Waals surface area contributed by atoms with E-state index < -0.39 is 11.9 Å². The molecule has 0 amide bonds. The van der Waals surface area contributed by atoms with Crippen molar-refractivity contribution in [3.05, 3.63) is 60.5 Å². The van der Waals surface area contributed by atoms with Gasteiger partial charge in [0.25, 0.3) is 0 Å². The summed E-state index contributed by atoms with van der Waals surface area (Å²) in [6.07, 6.45) is 2.91. The quantitative estimate of drug-likeness (QED) is 0.748. The molecule has 136 valence electrons. The van der Waals surface area contributed by atoms with Gasteiger partial charge in [-0.25, -0.2) is 19.9 Å². The van der Waals surface area contributed by atoms with E-state index in [0.29, 0.717) is 35.8 Å². The Hall–Kier alpha value is -3.17. The van der Waals surface area contributed by atoms with Crippen LogP contribution in [0, 0.1) is 0 Å². The molecule has 0 saturated carbocycles. The lowest BCUT2D eigenvalue weighted by molar-refractivity contribution is -0.141. The molecule has 0 radical (unpaired) electrons. The van der Waals surface area contributed by atoms with Crippen molar-refractivity contribution >= 4 is 11.0 Å². The van der Waals surface area contributed by atoms with Crippen LogP contribution in [-0.2, 0) is 26.3 Å². The van der Waals surface area contributed by atoms with Crippen LogP contribution in [-0.4, -0.2) is 29.4 Å². The Bertz CT molecular complexity index is 919. The fourth-order valence-corrected chi connectivity index (χ4v) is 2.50. The Morgan fingerprint density at radius 1 is 1.19 bits per heavy atom. The standard InChI is InChI=1S/C16H16F3N7/c1-25-12-7-13(16(17,18)19)23-8-11(12)24-15(25)10-26(6-3-20)9-14-21-4-2-5-22-14/h2-8H,9-10,20H2,1H3/b6-3-. The van der Waals surface area contributed by atoms with E-state index in [1.165, 1.54) is 6.20 Å². The van der Waals surface area contributed by atoms with Crippen molar-refractivity contribution in [1.29, 1.82) is 0 Å².